The first-order valence-corrected chi connectivity index (χ1v) is 25.4. The lowest BCUT2D eigenvalue weighted by atomic mass is 9.85. The van der Waals surface area contributed by atoms with Gasteiger partial charge in [0.1, 0.15) is 43.2 Å². The summed E-state index contributed by atoms with van der Waals surface area (Å²) in [6.45, 7) is 3.16. The van der Waals surface area contributed by atoms with Crippen LogP contribution in [-0.4, -0.2) is 111 Å². The summed E-state index contributed by atoms with van der Waals surface area (Å²) in [5.41, 5.74) is 0. The summed E-state index contributed by atoms with van der Waals surface area (Å²) in [6.07, 6.45) is 32.8. The third-order valence-electron chi connectivity index (χ3n) is 10.9. The molecule has 6 N–H and O–H groups in total. The third kappa shape index (κ3) is 27.0. The van der Waals surface area contributed by atoms with Gasteiger partial charge in [-0.05, 0) is 77.0 Å². The number of esters is 2. The van der Waals surface area contributed by atoms with E-state index >= 15 is 0 Å². The van der Waals surface area contributed by atoms with E-state index in [1.165, 1.54) is 57.8 Å². The van der Waals surface area contributed by atoms with Crippen LogP contribution in [0.3, 0.4) is 0 Å². The highest BCUT2D eigenvalue weighted by Gasteiger charge is 2.51. The predicted octanol–water partition coefficient (Wildman–Crippen LogP) is 8.49. The minimum Gasteiger partial charge on any atom is -0.462 e. The zero-order chi connectivity index (χ0) is 46.8. The highest BCUT2D eigenvalue weighted by Crippen LogP contribution is 2.47. The Labute approximate surface area is 382 Å². The van der Waals surface area contributed by atoms with E-state index in [-0.39, 0.29) is 12.8 Å². The summed E-state index contributed by atoms with van der Waals surface area (Å²) in [5.74, 6) is -1.24. The number of aliphatic hydroxyl groups excluding tert-OH is 5. The van der Waals surface area contributed by atoms with Crippen LogP contribution in [0, 0.1) is 0 Å². The number of unbranched alkanes of at least 4 members (excludes halogenated alkanes) is 10. The molecule has 0 bridgehead atoms. The van der Waals surface area contributed by atoms with Crippen LogP contribution < -0.4 is 0 Å². The maximum Gasteiger partial charge on any atom is 0.472 e. The van der Waals surface area contributed by atoms with Crippen LogP contribution in [0.2, 0.25) is 0 Å². The largest absolute Gasteiger partial charge is 0.472 e. The zero-order valence-electron chi connectivity index (χ0n) is 38.5. The van der Waals surface area contributed by atoms with Crippen LogP contribution >= 0.6 is 7.82 Å². The van der Waals surface area contributed by atoms with E-state index in [4.69, 9.17) is 23.3 Å². The monoisotopic (exact) mass is 925 g/mol. The fraction of sp³-hybridized carbons (Fsp3) is 0.714. The first kappa shape index (κ1) is 57.4. The zero-order valence-corrected chi connectivity index (χ0v) is 39.4. The van der Waals surface area contributed by atoms with Crippen molar-refractivity contribution in [2.45, 2.75) is 210 Å². The van der Waals surface area contributed by atoms with Crippen molar-refractivity contribution in [3.05, 3.63) is 72.9 Å². The number of carbonyl (C=O) groups excluding carboxylic acids is 2. The van der Waals surface area contributed by atoms with Gasteiger partial charge in [0.2, 0.25) is 0 Å². The van der Waals surface area contributed by atoms with Crippen molar-refractivity contribution in [2.24, 2.45) is 0 Å². The number of aliphatic hydroxyl groups is 5. The molecule has 1 saturated heterocycles. The molecule has 1 saturated carbocycles. The summed E-state index contributed by atoms with van der Waals surface area (Å²) in [5, 5.41) is 50.2. The van der Waals surface area contributed by atoms with Gasteiger partial charge in [0.25, 0.3) is 0 Å². The van der Waals surface area contributed by atoms with Gasteiger partial charge in [0.15, 0.2) is 6.10 Å². The number of phosphoric acid groups is 1. The standard InChI is InChI=1S/C49H81O14P/c1-3-5-7-8-9-10-11-12-13-14-15-16-17-22-25-28-32-36-43(51)61-39(38-60-64(57,58)63-49-47(55)45(53)44(52)46(54)48(49)56)37-59-42(50)35-31-27-24-21-19-18-20-23-26-30-34-41-40(62-41)33-29-6-4-2/h12-13,15-16,18,20-22,24-26,30,39-41,44-49,52-56H,3-11,14,17,19,23,27-29,31-38H2,1-2H3,(H,57,58)/b13-12-,16-15-,20-18-,24-21-,25-22-,30-26-/t39-,40?,41?,44?,45-,46+,47-,48-,49?/m1/s1. The molecule has 1 aliphatic carbocycles. The van der Waals surface area contributed by atoms with Crippen molar-refractivity contribution in [1.82, 2.24) is 0 Å². The van der Waals surface area contributed by atoms with E-state index in [2.05, 4.69) is 62.5 Å². The molecule has 2 aliphatic rings. The van der Waals surface area contributed by atoms with Gasteiger partial charge in [0, 0.05) is 12.8 Å². The number of carbonyl (C=O) groups is 2. The van der Waals surface area contributed by atoms with Crippen molar-refractivity contribution in [2.75, 3.05) is 13.2 Å². The molecule has 10 atom stereocenters. The van der Waals surface area contributed by atoms with E-state index in [0.717, 1.165) is 44.9 Å². The number of epoxide rings is 1. The average Bonchev–Trinajstić information content (AvgIpc) is 4.03. The minimum atomic E-state index is -5.15. The maximum atomic E-state index is 12.8. The summed E-state index contributed by atoms with van der Waals surface area (Å²) >= 11 is 0. The van der Waals surface area contributed by atoms with Gasteiger partial charge in [0.05, 0.1) is 18.8 Å². The lowest BCUT2D eigenvalue weighted by molar-refractivity contribution is -0.220. The molecule has 64 heavy (non-hydrogen) atoms. The van der Waals surface area contributed by atoms with Crippen LogP contribution in [-0.2, 0) is 37.4 Å². The number of allylic oxidation sites excluding steroid dienone is 11. The fourth-order valence-corrected chi connectivity index (χ4v) is 7.95. The molecule has 0 radical (unpaired) electrons. The molecular formula is C49H81O14P. The normalized spacial score (nSPS) is 25.4. The number of ether oxygens (including phenoxy) is 3. The highest BCUT2D eigenvalue weighted by molar-refractivity contribution is 7.47. The van der Waals surface area contributed by atoms with Gasteiger partial charge in [-0.3, -0.25) is 18.6 Å². The van der Waals surface area contributed by atoms with E-state index in [1.807, 2.05) is 24.3 Å². The molecule has 0 aromatic rings. The van der Waals surface area contributed by atoms with E-state index in [0.29, 0.717) is 37.9 Å². The Balaban J connectivity index is 1.75. The smallest absolute Gasteiger partial charge is 0.462 e. The molecule has 0 amide bonds. The SMILES string of the molecule is CCCCCCCC/C=C\C/C=C\C/C=C\CCCC(=O)O[C@H](COC(=O)CCC/C=C\C/C=C\C/C=C\CC1OC1CCCCC)COP(=O)(O)OC1[C@H](O)[C@H](O)C(O)[C@H](O)[C@H]1O. The lowest BCUT2D eigenvalue weighted by Gasteiger charge is -2.41. The second kappa shape index (κ2) is 35.4. The molecule has 2 fully saturated rings. The van der Waals surface area contributed by atoms with Crippen molar-refractivity contribution in [3.8, 4) is 0 Å². The Morgan fingerprint density at radius 3 is 1.61 bits per heavy atom. The Morgan fingerprint density at radius 1 is 0.562 bits per heavy atom. The molecule has 0 spiro atoms. The molecule has 1 aliphatic heterocycles. The van der Waals surface area contributed by atoms with Gasteiger partial charge >= 0.3 is 19.8 Å². The Bertz CT molecular complexity index is 1460. The number of hydrogen-bond acceptors (Lipinski definition) is 13. The molecule has 0 aromatic carbocycles. The summed E-state index contributed by atoms with van der Waals surface area (Å²) in [6, 6.07) is 0. The first-order valence-electron chi connectivity index (χ1n) is 23.9. The van der Waals surface area contributed by atoms with Crippen molar-refractivity contribution >= 4 is 19.8 Å². The molecule has 1 heterocycles. The number of phosphoric ester groups is 1. The molecule has 5 unspecified atom stereocenters. The quantitative estimate of drug-likeness (QED) is 0.0113. The summed E-state index contributed by atoms with van der Waals surface area (Å²) in [4.78, 5) is 35.7. The summed E-state index contributed by atoms with van der Waals surface area (Å²) < 4.78 is 39.2. The maximum absolute atomic E-state index is 12.8. The molecule has 0 aromatic heterocycles. The van der Waals surface area contributed by atoms with Gasteiger partial charge in [-0.15, -0.1) is 0 Å². The summed E-state index contributed by atoms with van der Waals surface area (Å²) in [7, 11) is -5.15. The van der Waals surface area contributed by atoms with Crippen LogP contribution in [0.25, 0.3) is 0 Å². The van der Waals surface area contributed by atoms with Crippen LogP contribution in [0.15, 0.2) is 72.9 Å². The Kier molecular flexibility index (Phi) is 31.8. The van der Waals surface area contributed by atoms with Crippen LogP contribution in [0.1, 0.15) is 155 Å². The van der Waals surface area contributed by atoms with E-state index in [1.54, 1.807) is 0 Å². The second-order valence-corrected chi connectivity index (χ2v) is 18.0. The lowest BCUT2D eigenvalue weighted by Crippen LogP contribution is -2.64. The molecule has 2 rings (SSSR count). The van der Waals surface area contributed by atoms with Crippen molar-refractivity contribution in [1.29, 1.82) is 0 Å². The van der Waals surface area contributed by atoms with Gasteiger partial charge in [-0.2, -0.15) is 0 Å². The molecule has 15 heteroatoms. The van der Waals surface area contributed by atoms with Crippen molar-refractivity contribution < 1.29 is 67.8 Å². The predicted molar refractivity (Wildman–Crippen MR) is 248 cm³/mol. The Hall–Kier alpha value is -2.75. The van der Waals surface area contributed by atoms with Gasteiger partial charge < -0.3 is 44.6 Å². The first-order chi connectivity index (χ1) is 30.9. The highest BCUT2D eigenvalue weighted by atomic mass is 31.2. The third-order valence-corrected chi connectivity index (χ3v) is 11.9. The molecule has 14 nitrogen and oxygen atoms in total. The van der Waals surface area contributed by atoms with E-state index in [9.17, 15) is 44.6 Å². The fourth-order valence-electron chi connectivity index (χ4n) is 6.98. The number of rotatable bonds is 37. The number of hydrogen-bond donors (Lipinski definition) is 6. The van der Waals surface area contributed by atoms with Crippen LogP contribution in [0.5, 0.6) is 0 Å². The van der Waals surface area contributed by atoms with E-state index < -0.39 is 75.7 Å². The van der Waals surface area contributed by atoms with Gasteiger partial charge in [-0.25, -0.2) is 4.57 Å². The second-order valence-electron chi connectivity index (χ2n) is 16.6. The van der Waals surface area contributed by atoms with Crippen LogP contribution in [0.4, 0.5) is 0 Å². The molecule has 366 valence electrons. The van der Waals surface area contributed by atoms with Crippen molar-refractivity contribution in [3.63, 3.8) is 0 Å². The Morgan fingerprint density at radius 2 is 1.03 bits per heavy atom. The average molecular weight is 925 g/mol. The molecular weight excluding hydrogens is 843 g/mol. The van der Waals surface area contributed by atoms with Gasteiger partial charge in [-0.1, -0.05) is 138 Å². The topological polar surface area (TPSA) is 222 Å². The minimum absolute atomic E-state index is 0.00752.